The van der Waals surface area contributed by atoms with Gasteiger partial charge in [0.2, 0.25) is 0 Å². The summed E-state index contributed by atoms with van der Waals surface area (Å²) >= 11 is 0. The smallest absolute Gasteiger partial charge is 0.409 e. The van der Waals surface area contributed by atoms with Crippen LogP contribution in [0.4, 0.5) is 4.79 Å². The first kappa shape index (κ1) is 18.0. The van der Waals surface area contributed by atoms with Crippen LogP contribution in [0, 0.1) is 0 Å². The molecule has 0 bridgehead atoms. The van der Waals surface area contributed by atoms with E-state index in [4.69, 9.17) is 9.47 Å². The van der Waals surface area contributed by atoms with Gasteiger partial charge >= 0.3 is 12.1 Å². The Balaban J connectivity index is 1.41. The zero-order valence-corrected chi connectivity index (χ0v) is 15.5. The largest absolute Gasteiger partial charge is 0.450 e. The predicted molar refractivity (Wildman–Crippen MR) is 102 cm³/mol. The van der Waals surface area contributed by atoms with E-state index in [1.54, 1.807) is 23.5 Å². The predicted octanol–water partition coefficient (Wildman–Crippen LogP) is 3.60. The highest BCUT2D eigenvalue weighted by Crippen LogP contribution is 2.27. The molecule has 0 spiro atoms. The molecule has 0 saturated carbocycles. The number of benzene rings is 1. The van der Waals surface area contributed by atoms with E-state index in [2.05, 4.69) is 19.9 Å². The molecule has 1 aliphatic heterocycles. The highest BCUT2D eigenvalue weighted by atomic mass is 16.6. The summed E-state index contributed by atoms with van der Waals surface area (Å²) in [6.07, 6.45) is 5.74. The lowest BCUT2D eigenvalue weighted by Crippen LogP contribution is -2.29. The number of aromatic amines is 1. The fourth-order valence-corrected chi connectivity index (χ4v) is 3.16. The van der Waals surface area contributed by atoms with Gasteiger partial charge in [-0.3, -0.25) is 0 Å². The highest BCUT2D eigenvalue weighted by molar-refractivity contribution is 5.68. The number of nitrogens with zero attached hydrogens (tertiary/aromatic N) is 4. The second-order valence-corrected chi connectivity index (χ2v) is 6.48. The summed E-state index contributed by atoms with van der Waals surface area (Å²) in [5.74, 6) is 1.71. The van der Waals surface area contributed by atoms with Crippen molar-refractivity contribution < 1.29 is 14.3 Å². The summed E-state index contributed by atoms with van der Waals surface area (Å²) in [4.78, 5) is 29.9. The van der Waals surface area contributed by atoms with Crippen LogP contribution in [0.3, 0.4) is 0 Å². The summed E-state index contributed by atoms with van der Waals surface area (Å²) < 4.78 is 10.7. The van der Waals surface area contributed by atoms with Gasteiger partial charge in [-0.15, -0.1) is 0 Å². The Bertz CT molecular complexity index is 927. The average Bonchev–Trinajstić information content (AvgIpc) is 3.39. The summed E-state index contributed by atoms with van der Waals surface area (Å²) in [6.45, 7) is 3.47. The van der Waals surface area contributed by atoms with Crippen molar-refractivity contribution in [2.45, 2.75) is 19.3 Å². The third kappa shape index (κ3) is 3.95. The minimum atomic E-state index is -0.265. The Hall–Kier alpha value is -3.42. The van der Waals surface area contributed by atoms with Crippen molar-refractivity contribution in [3.05, 3.63) is 54.7 Å². The van der Waals surface area contributed by atoms with Crippen molar-refractivity contribution in [3.63, 3.8) is 0 Å². The Labute approximate surface area is 162 Å². The van der Waals surface area contributed by atoms with Crippen LogP contribution in [0.15, 0.2) is 48.9 Å². The van der Waals surface area contributed by atoms with E-state index in [0.29, 0.717) is 25.4 Å². The van der Waals surface area contributed by atoms with E-state index in [1.807, 2.05) is 37.3 Å². The van der Waals surface area contributed by atoms with Gasteiger partial charge in [-0.1, -0.05) is 18.2 Å². The molecular weight excluding hydrogens is 358 g/mol. The number of hydrogen-bond donors (Lipinski definition) is 1. The molecule has 2 aromatic heterocycles. The standard InChI is InChI=1S/C20H21N5O3/c1-2-27-20(26)25-9-8-14(13-25)18-21-12-17(24-18)15-10-22-19(23-11-15)28-16-6-4-3-5-7-16/h3-7,10-12,14H,2,8-9,13H2,1H3,(H,21,24)/t14-/m0/s1. The van der Waals surface area contributed by atoms with Gasteiger partial charge in [0.15, 0.2) is 0 Å². The molecule has 1 atom stereocenters. The van der Waals surface area contributed by atoms with E-state index in [-0.39, 0.29) is 18.0 Å². The normalized spacial score (nSPS) is 16.2. The number of carbonyl (C=O) groups excluding carboxylic acids is 1. The number of nitrogens with one attached hydrogen (secondary N) is 1. The van der Waals surface area contributed by atoms with Gasteiger partial charge in [0.25, 0.3) is 0 Å². The molecular formula is C20H21N5O3. The monoisotopic (exact) mass is 379 g/mol. The minimum Gasteiger partial charge on any atom is -0.450 e. The number of hydrogen-bond acceptors (Lipinski definition) is 6. The number of ether oxygens (including phenoxy) is 2. The van der Waals surface area contributed by atoms with E-state index in [1.165, 1.54) is 0 Å². The number of para-hydroxylation sites is 1. The Kier molecular flexibility index (Phi) is 5.18. The minimum absolute atomic E-state index is 0.166. The van der Waals surface area contributed by atoms with Crippen LogP contribution in [0.1, 0.15) is 25.1 Å². The first-order chi connectivity index (χ1) is 13.7. The Morgan fingerprint density at radius 2 is 1.96 bits per heavy atom. The summed E-state index contributed by atoms with van der Waals surface area (Å²) in [6, 6.07) is 9.68. The zero-order chi connectivity index (χ0) is 19.3. The van der Waals surface area contributed by atoms with Crippen LogP contribution in [0.2, 0.25) is 0 Å². The molecule has 1 aliphatic rings. The van der Waals surface area contributed by atoms with Gasteiger partial charge < -0.3 is 19.4 Å². The van der Waals surface area contributed by atoms with Crippen LogP contribution in [0.25, 0.3) is 11.3 Å². The molecule has 3 aromatic rings. The first-order valence-corrected chi connectivity index (χ1v) is 9.25. The molecule has 0 radical (unpaired) electrons. The number of rotatable bonds is 5. The third-order valence-corrected chi connectivity index (χ3v) is 4.59. The maximum atomic E-state index is 11.9. The van der Waals surface area contributed by atoms with Gasteiger partial charge in [-0.05, 0) is 25.5 Å². The number of aromatic nitrogens is 4. The Morgan fingerprint density at radius 1 is 1.18 bits per heavy atom. The van der Waals surface area contributed by atoms with Crippen molar-refractivity contribution in [2.75, 3.05) is 19.7 Å². The lowest BCUT2D eigenvalue weighted by Gasteiger charge is -2.14. The molecule has 0 aliphatic carbocycles. The van der Waals surface area contributed by atoms with Crippen molar-refractivity contribution in [2.24, 2.45) is 0 Å². The molecule has 3 heterocycles. The van der Waals surface area contributed by atoms with Crippen LogP contribution in [0.5, 0.6) is 11.8 Å². The molecule has 28 heavy (non-hydrogen) atoms. The molecule has 1 N–H and O–H groups in total. The molecule has 1 fully saturated rings. The van der Waals surface area contributed by atoms with Crippen LogP contribution in [-0.2, 0) is 4.74 Å². The van der Waals surface area contributed by atoms with E-state index in [0.717, 1.165) is 23.5 Å². The second-order valence-electron chi connectivity index (χ2n) is 6.48. The van der Waals surface area contributed by atoms with Crippen molar-refractivity contribution in [1.82, 2.24) is 24.8 Å². The van der Waals surface area contributed by atoms with Gasteiger partial charge in [0.1, 0.15) is 11.6 Å². The fourth-order valence-electron chi connectivity index (χ4n) is 3.16. The molecule has 1 aromatic carbocycles. The lowest BCUT2D eigenvalue weighted by molar-refractivity contribution is 0.115. The first-order valence-electron chi connectivity index (χ1n) is 9.25. The number of carbonyl (C=O) groups is 1. The van der Waals surface area contributed by atoms with E-state index < -0.39 is 0 Å². The van der Waals surface area contributed by atoms with Crippen molar-refractivity contribution >= 4 is 6.09 Å². The number of amides is 1. The molecule has 8 nitrogen and oxygen atoms in total. The average molecular weight is 379 g/mol. The molecule has 1 amide bonds. The zero-order valence-electron chi connectivity index (χ0n) is 15.5. The van der Waals surface area contributed by atoms with Crippen molar-refractivity contribution in [1.29, 1.82) is 0 Å². The Morgan fingerprint density at radius 3 is 2.71 bits per heavy atom. The van der Waals surface area contributed by atoms with Crippen LogP contribution < -0.4 is 4.74 Å². The molecule has 144 valence electrons. The number of imidazole rings is 1. The maximum absolute atomic E-state index is 11.9. The highest BCUT2D eigenvalue weighted by Gasteiger charge is 2.29. The lowest BCUT2D eigenvalue weighted by atomic mass is 10.1. The fraction of sp³-hybridized carbons (Fsp3) is 0.300. The summed E-state index contributed by atoms with van der Waals surface area (Å²) in [5, 5.41) is 0. The van der Waals surface area contributed by atoms with Crippen molar-refractivity contribution in [3.8, 4) is 23.0 Å². The molecule has 1 saturated heterocycles. The van der Waals surface area contributed by atoms with E-state index >= 15 is 0 Å². The van der Waals surface area contributed by atoms with Crippen LogP contribution >= 0.6 is 0 Å². The number of likely N-dealkylation sites (tertiary alicyclic amines) is 1. The van der Waals surface area contributed by atoms with Gasteiger partial charge in [-0.2, -0.15) is 0 Å². The van der Waals surface area contributed by atoms with Gasteiger partial charge in [0.05, 0.1) is 18.5 Å². The molecule has 8 heteroatoms. The summed E-state index contributed by atoms with van der Waals surface area (Å²) in [7, 11) is 0. The third-order valence-electron chi connectivity index (χ3n) is 4.59. The van der Waals surface area contributed by atoms with Gasteiger partial charge in [-0.25, -0.2) is 19.7 Å². The van der Waals surface area contributed by atoms with Gasteiger partial charge in [0, 0.05) is 37.0 Å². The quantitative estimate of drug-likeness (QED) is 0.728. The molecule has 0 unspecified atom stereocenters. The SMILES string of the molecule is CCOC(=O)N1CC[C@H](c2ncc(-c3cnc(Oc4ccccc4)nc3)[nH]2)C1. The van der Waals surface area contributed by atoms with Crippen LogP contribution in [-0.4, -0.2) is 50.6 Å². The second kappa shape index (κ2) is 8.08. The number of H-pyrrole nitrogens is 1. The van der Waals surface area contributed by atoms with E-state index in [9.17, 15) is 4.79 Å². The summed E-state index contributed by atoms with van der Waals surface area (Å²) in [5.41, 5.74) is 1.65. The molecule has 4 rings (SSSR count). The maximum Gasteiger partial charge on any atom is 0.409 e. The topological polar surface area (TPSA) is 93.2 Å².